The van der Waals surface area contributed by atoms with E-state index in [4.69, 9.17) is 0 Å². The quantitative estimate of drug-likeness (QED) is 0.764. The third-order valence-corrected chi connectivity index (χ3v) is 8.63. The zero-order chi connectivity index (χ0) is 21.6. The van der Waals surface area contributed by atoms with E-state index in [1.54, 1.807) is 0 Å². The Morgan fingerprint density at radius 3 is 2.39 bits per heavy atom. The Morgan fingerprint density at radius 2 is 1.71 bits per heavy atom. The molecule has 0 fully saturated rings. The molecule has 5 rings (SSSR count). The lowest BCUT2D eigenvalue weighted by Crippen LogP contribution is -2.49. The highest BCUT2D eigenvalue weighted by molar-refractivity contribution is 7.90. The molecule has 2 N–H and O–H groups in total. The van der Waals surface area contributed by atoms with Crippen LogP contribution in [0.1, 0.15) is 47.6 Å². The molecule has 2 aromatic rings. The summed E-state index contributed by atoms with van der Waals surface area (Å²) >= 11 is 0. The average Bonchev–Trinajstić information content (AvgIpc) is 3.41. The van der Waals surface area contributed by atoms with Gasteiger partial charge in [0.2, 0.25) is 10.0 Å². The Hall–Kier alpha value is -2.54. The number of carbonyl (C=O) groups excluding carboxylic acids is 1. The summed E-state index contributed by atoms with van der Waals surface area (Å²) in [5.74, 6) is 0. The van der Waals surface area contributed by atoms with Gasteiger partial charge in [0.05, 0.1) is 0 Å². The molecular formula is C24H29N3O3S. The molecule has 0 spiro atoms. The second-order valence-electron chi connectivity index (χ2n) is 8.83. The van der Waals surface area contributed by atoms with E-state index in [0.717, 1.165) is 62.0 Å². The maximum atomic E-state index is 13.1. The first kappa shape index (κ1) is 20.4. The highest BCUT2D eigenvalue weighted by Gasteiger charge is 2.34. The van der Waals surface area contributed by atoms with E-state index in [-0.39, 0.29) is 0 Å². The number of carbonyl (C=O) groups is 1. The summed E-state index contributed by atoms with van der Waals surface area (Å²) in [4.78, 5) is 14.9. The SMILES string of the molecule is CCN1CC(S(=O)(=O)NC(=O)Nc2c3c(cc4c2CCC4)CCC3)Cc2ccccc21. The maximum absolute atomic E-state index is 13.1. The van der Waals surface area contributed by atoms with Gasteiger partial charge in [-0.05, 0) is 85.8 Å². The number of hydrogen-bond donors (Lipinski definition) is 2. The predicted octanol–water partition coefficient (Wildman–Crippen LogP) is 3.57. The van der Waals surface area contributed by atoms with Crippen LogP contribution in [-0.4, -0.2) is 32.8 Å². The molecule has 0 radical (unpaired) electrons. The van der Waals surface area contributed by atoms with Gasteiger partial charge in [-0.2, -0.15) is 0 Å². The molecule has 0 bridgehead atoms. The number of fused-ring (bicyclic) bond motifs is 3. The lowest BCUT2D eigenvalue weighted by Gasteiger charge is -2.35. The lowest BCUT2D eigenvalue weighted by atomic mass is 9.99. The Morgan fingerprint density at radius 1 is 1.03 bits per heavy atom. The van der Waals surface area contributed by atoms with Gasteiger partial charge in [-0.15, -0.1) is 0 Å². The number of urea groups is 1. The highest BCUT2D eigenvalue weighted by Crippen LogP contribution is 2.38. The van der Waals surface area contributed by atoms with Crippen LogP contribution in [0.5, 0.6) is 0 Å². The zero-order valence-electron chi connectivity index (χ0n) is 17.9. The van der Waals surface area contributed by atoms with Gasteiger partial charge in [-0.1, -0.05) is 24.3 Å². The fourth-order valence-corrected chi connectivity index (χ4v) is 6.72. The molecule has 2 aromatic carbocycles. The van der Waals surface area contributed by atoms with Gasteiger partial charge in [-0.25, -0.2) is 17.9 Å². The number of benzene rings is 2. The van der Waals surface area contributed by atoms with Crippen molar-refractivity contribution in [3.63, 3.8) is 0 Å². The first-order chi connectivity index (χ1) is 15.0. The van der Waals surface area contributed by atoms with Crippen LogP contribution < -0.4 is 14.9 Å². The fourth-order valence-electron chi connectivity index (χ4n) is 5.47. The number of hydrogen-bond acceptors (Lipinski definition) is 4. The second-order valence-corrected chi connectivity index (χ2v) is 10.8. The molecule has 31 heavy (non-hydrogen) atoms. The molecule has 7 heteroatoms. The topological polar surface area (TPSA) is 78.5 Å². The van der Waals surface area contributed by atoms with Crippen molar-refractivity contribution in [1.29, 1.82) is 0 Å². The minimum Gasteiger partial charge on any atom is -0.370 e. The van der Waals surface area contributed by atoms with Crippen LogP contribution in [0, 0.1) is 0 Å². The number of sulfonamides is 1. The number of amides is 2. The molecule has 1 atom stereocenters. The molecule has 2 amide bonds. The van der Waals surface area contributed by atoms with Crippen LogP contribution in [0.15, 0.2) is 30.3 Å². The molecule has 0 aromatic heterocycles. The smallest absolute Gasteiger partial charge is 0.332 e. The Balaban J connectivity index is 1.36. The molecule has 6 nitrogen and oxygen atoms in total. The van der Waals surface area contributed by atoms with Crippen molar-refractivity contribution in [2.75, 3.05) is 23.3 Å². The summed E-state index contributed by atoms with van der Waals surface area (Å²) in [5, 5.41) is 2.27. The van der Waals surface area contributed by atoms with E-state index >= 15 is 0 Å². The van der Waals surface area contributed by atoms with Gasteiger partial charge >= 0.3 is 6.03 Å². The van der Waals surface area contributed by atoms with E-state index in [2.05, 4.69) is 21.0 Å². The van der Waals surface area contributed by atoms with Gasteiger partial charge in [0.25, 0.3) is 0 Å². The summed E-state index contributed by atoms with van der Waals surface area (Å²) in [6.45, 7) is 3.12. The number of nitrogens with one attached hydrogen (secondary N) is 2. The minimum atomic E-state index is -3.82. The summed E-state index contributed by atoms with van der Waals surface area (Å²) in [6.07, 6.45) is 6.52. The van der Waals surface area contributed by atoms with Crippen molar-refractivity contribution < 1.29 is 13.2 Å². The zero-order valence-corrected chi connectivity index (χ0v) is 18.7. The number of para-hydroxylation sites is 1. The van der Waals surface area contributed by atoms with E-state index in [1.165, 1.54) is 22.3 Å². The summed E-state index contributed by atoms with van der Waals surface area (Å²) in [7, 11) is -3.82. The molecular weight excluding hydrogens is 410 g/mol. The molecule has 1 heterocycles. The molecule has 0 saturated heterocycles. The standard InChI is InChI=1S/C24H29N3O3S/c1-2-27-15-19(14-18-7-3-4-12-22(18)27)31(29,30)26-24(28)25-23-20-10-5-8-16(20)13-17-9-6-11-21(17)23/h3-4,7,12-13,19H,2,5-6,8-11,14-15H2,1H3,(H2,25,26,28). The Kier molecular flexibility index (Phi) is 5.16. The van der Waals surface area contributed by atoms with Crippen LogP contribution in [0.25, 0.3) is 0 Å². The van der Waals surface area contributed by atoms with Crippen molar-refractivity contribution in [2.24, 2.45) is 0 Å². The molecule has 1 unspecified atom stereocenters. The number of rotatable bonds is 4. The normalized spacial score (nSPS) is 19.5. The minimum absolute atomic E-state index is 0.381. The summed E-state index contributed by atoms with van der Waals surface area (Å²) in [5.41, 5.74) is 7.94. The Bertz CT molecular complexity index is 1110. The monoisotopic (exact) mass is 439 g/mol. The van der Waals surface area contributed by atoms with Crippen molar-refractivity contribution in [3.8, 4) is 0 Å². The van der Waals surface area contributed by atoms with Crippen LogP contribution in [-0.2, 0) is 42.1 Å². The average molecular weight is 440 g/mol. The van der Waals surface area contributed by atoms with Crippen molar-refractivity contribution >= 4 is 27.4 Å². The van der Waals surface area contributed by atoms with E-state index in [0.29, 0.717) is 13.0 Å². The summed E-state index contributed by atoms with van der Waals surface area (Å²) in [6, 6.07) is 9.55. The molecule has 1 aliphatic heterocycles. The molecule has 164 valence electrons. The van der Waals surface area contributed by atoms with Gasteiger partial charge in [0.15, 0.2) is 0 Å². The van der Waals surface area contributed by atoms with Gasteiger partial charge in [0, 0.05) is 24.5 Å². The summed E-state index contributed by atoms with van der Waals surface area (Å²) < 4.78 is 28.6. The predicted molar refractivity (Wildman–Crippen MR) is 123 cm³/mol. The molecule has 2 aliphatic carbocycles. The first-order valence-electron chi connectivity index (χ1n) is 11.3. The molecule has 0 saturated carbocycles. The maximum Gasteiger partial charge on any atom is 0.332 e. The lowest BCUT2D eigenvalue weighted by molar-refractivity contribution is 0.256. The second kappa shape index (κ2) is 7.86. The van der Waals surface area contributed by atoms with Crippen molar-refractivity contribution in [3.05, 3.63) is 58.1 Å². The fraction of sp³-hybridized carbons (Fsp3) is 0.458. The number of aryl methyl sites for hydroxylation is 2. The van der Waals surface area contributed by atoms with Crippen molar-refractivity contribution in [1.82, 2.24) is 4.72 Å². The van der Waals surface area contributed by atoms with Crippen molar-refractivity contribution in [2.45, 2.75) is 57.1 Å². The van der Waals surface area contributed by atoms with Crippen LogP contribution in [0.3, 0.4) is 0 Å². The third-order valence-electron chi connectivity index (χ3n) is 6.97. The van der Waals surface area contributed by atoms with Crippen LogP contribution >= 0.6 is 0 Å². The third kappa shape index (κ3) is 3.69. The Labute approximate surface area is 184 Å². The first-order valence-corrected chi connectivity index (χ1v) is 12.8. The van der Waals surface area contributed by atoms with Crippen LogP contribution in [0.4, 0.5) is 16.2 Å². The van der Waals surface area contributed by atoms with E-state index in [1.807, 2.05) is 31.2 Å². The highest BCUT2D eigenvalue weighted by atomic mass is 32.2. The van der Waals surface area contributed by atoms with Gasteiger partial charge < -0.3 is 10.2 Å². The van der Waals surface area contributed by atoms with E-state index in [9.17, 15) is 13.2 Å². The van der Waals surface area contributed by atoms with Crippen LogP contribution in [0.2, 0.25) is 0 Å². The number of nitrogens with zero attached hydrogens (tertiary/aromatic N) is 1. The number of anilines is 2. The van der Waals surface area contributed by atoms with E-state index < -0.39 is 21.3 Å². The largest absolute Gasteiger partial charge is 0.370 e. The molecule has 3 aliphatic rings. The van der Waals surface area contributed by atoms with Gasteiger partial charge in [-0.3, -0.25) is 0 Å². The van der Waals surface area contributed by atoms with Gasteiger partial charge in [0.1, 0.15) is 5.25 Å².